The number of methoxy groups -OCH3 is 1. The van der Waals surface area contributed by atoms with Gasteiger partial charge in [-0.25, -0.2) is 13.6 Å². The zero-order chi connectivity index (χ0) is 17.7. The summed E-state index contributed by atoms with van der Waals surface area (Å²) in [5.41, 5.74) is 0.750. The Labute approximate surface area is 141 Å². The second-order valence-corrected chi connectivity index (χ2v) is 5.12. The molecule has 0 saturated heterocycles. The van der Waals surface area contributed by atoms with E-state index in [1.807, 2.05) is 0 Å². The van der Waals surface area contributed by atoms with E-state index in [0.717, 1.165) is 12.1 Å². The molecule has 1 amide bonds. The predicted octanol–water partition coefficient (Wildman–Crippen LogP) is 3.46. The van der Waals surface area contributed by atoms with Gasteiger partial charge in [-0.05, 0) is 30.3 Å². The Bertz CT molecular complexity index is 784. The van der Waals surface area contributed by atoms with Gasteiger partial charge in [-0.3, -0.25) is 4.79 Å². The summed E-state index contributed by atoms with van der Waals surface area (Å²) in [5.74, 6) is -3.10. The second-order valence-electron chi connectivity index (χ2n) is 4.72. The first-order valence-corrected chi connectivity index (χ1v) is 7.15. The van der Waals surface area contributed by atoms with Crippen LogP contribution in [0.2, 0.25) is 5.02 Å². The molecule has 0 aliphatic rings. The van der Waals surface area contributed by atoms with Crippen molar-refractivity contribution in [3.63, 3.8) is 0 Å². The summed E-state index contributed by atoms with van der Waals surface area (Å²) in [6.07, 6.45) is 0. The van der Waals surface area contributed by atoms with Gasteiger partial charge in [0.1, 0.15) is 0 Å². The molecular formula is C16H13ClF2N2O3. The summed E-state index contributed by atoms with van der Waals surface area (Å²) < 4.78 is 30.5. The molecule has 24 heavy (non-hydrogen) atoms. The van der Waals surface area contributed by atoms with Crippen LogP contribution in [0.4, 0.5) is 20.2 Å². The molecule has 0 spiro atoms. The van der Waals surface area contributed by atoms with Crippen molar-refractivity contribution in [2.45, 2.75) is 0 Å². The topological polar surface area (TPSA) is 67.4 Å². The van der Waals surface area contributed by atoms with Crippen LogP contribution < -0.4 is 10.6 Å². The minimum Gasteiger partial charge on any atom is -0.465 e. The maximum atomic E-state index is 13.1. The van der Waals surface area contributed by atoms with Gasteiger partial charge in [0.05, 0.1) is 29.9 Å². The van der Waals surface area contributed by atoms with Gasteiger partial charge in [0.25, 0.3) is 0 Å². The van der Waals surface area contributed by atoms with E-state index >= 15 is 0 Å². The average Bonchev–Trinajstić information content (AvgIpc) is 2.56. The third kappa shape index (κ3) is 4.42. The molecular weight excluding hydrogens is 342 g/mol. The Balaban J connectivity index is 2.00. The van der Waals surface area contributed by atoms with Gasteiger partial charge in [0.15, 0.2) is 11.6 Å². The second kappa shape index (κ2) is 7.74. The van der Waals surface area contributed by atoms with Crippen LogP contribution in [0.25, 0.3) is 0 Å². The van der Waals surface area contributed by atoms with E-state index in [-0.39, 0.29) is 17.8 Å². The van der Waals surface area contributed by atoms with Gasteiger partial charge in [0.2, 0.25) is 5.91 Å². The number of hydrogen-bond acceptors (Lipinski definition) is 4. The minimum absolute atomic E-state index is 0.120. The third-order valence-corrected chi connectivity index (χ3v) is 3.36. The third-order valence-electron chi connectivity index (χ3n) is 3.03. The highest BCUT2D eigenvalue weighted by Crippen LogP contribution is 2.23. The van der Waals surface area contributed by atoms with Crippen LogP contribution in [-0.2, 0) is 9.53 Å². The monoisotopic (exact) mass is 354 g/mol. The number of amides is 1. The standard InChI is InChI=1S/C16H13ClF2N2O3/c1-24-16(23)9-2-4-11(17)14(6-9)20-8-15(22)21-10-3-5-12(18)13(19)7-10/h2-7,20H,8H2,1H3,(H,21,22). The number of benzene rings is 2. The Hall–Kier alpha value is -2.67. The molecule has 2 rings (SSSR count). The molecule has 2 aromatic carbocycles. The summed E-state index contributed by atoms with van der Waals surface area (Å²) in [4.78, 5) is 23.3. The molecule has 0 heterocycles. The van der Waals surface area contributed by atoms with E-state index in [0.29, 0.717) is 10.7 Å². The smallest absolute Gasteiger partial charge is 0.337 e. The van der Waals surface area contributed by atoms with Gasteiger partial charge in [-0.2, -0.15) is 0 Å². The van der Waals surface area contributed by atoms with Crippen molar-refractivity contribution in [2.75, 3.05) is 24.3 Å². The highest BCUT2D eigenvalue weighted by molar-refractivity contribution is 6.33. The van der Waals surface area contributed by atoms with E-state index < -0.39 is 23.5 Å². The molecule has 0 bridgehead atoms. The first-order chi connectivity index (χ1) is 11.4. The maximum absolute atomic E-state index is 13.1. The number of rotatable bonds is 5. The van der Waals surface area contributed by atoms with E-state index in [4.69, 9.17) is 11.6 Å². The highest BCUT2D eigenvalue weighted by Gasteiger charge is 2.11. The summed E-state index contributed by atoms with van der Waals surface area (Å²) in [7, 11) is 1.25. The quantitative estimate of drug-likeness (QED) is 0.807. The summed E-state index contributed by atoms with van der Waals surface area (Å²) in [6.45, 7) is -0.191. The highest BCUT2D eigenvalue weighted by atomic mass is 35.5. The fourth-order valence-electron chi connectivity index (χ4n) is 1.86. The summed E-state index contributed by atoms with van der Waals surface area (Å²) in [5, 5.41) is 5.47. The molecule has 0 saturated carbocycles. The van der Waals surface area contributed by atoms with E-state index in [1.54, 1.807) is 0 Å². The molecule has 0 unspecified atom stereocenters. The Morgan fingerprint density at radius 1 is 1.12 bits per heavy atom. The van der Waals surface area contributed by atoms with Crippen molar-refractivity contribution in [2.24, 2.45) is 0 Å². The average molecular weight is 355 g/mol. The van der Waals surface area contributed by atoms with Crippen LogP contribution in [0.15, 0.2) is 36.4 Å². The molecule has 0 radical (unpaired) electrons. The SMILES string of the molecule is COC(=O)c1ccc(Cl)c(NCC(=O)Nc2ccc(F)c(F)c2)c1. The molecule has 126 valence electrons. The number of anilines is 2. The van der Waals surface area contributed by atoms with Gasteiger partial charge in [0, 0.05) is 11.8 Å². The number of carbonyl (C=O) groups is 2. The van der Waals surface area contributed by atoms with Gasteiger partial charge in [-0.1, -0.05) is 11.6 Å². The molecule has 5 nitrogen and oxygen atoms in total. The zero-order valence-corrected chi connectivity index (χ0v) is 13.3. The van der Waals surface area contributed by atoms with Crippen molar-refractivity contribution in [1.82, 2.24) is 0 Å². The van der Waals surface area contributed by atoms with E-state index in [2.05, 4.69) is 15.4 Å². The first-order valence-electron chi connectivity index (χ1n) is 6.77. The van der Waals surface area contributed by atoms with Crippen LogP contribution in [0.5, 0.6) is 0 Å². The maximum Gasteiger partial charge on any atom is 0.337 e. The van der Waals surface area contributed by atoms with Crippen molar-refractivity contribution >= 4 is 34.9 Å². The zero-order valence-electron chi connectivity index (χ0n) is 12.5. The molecule has 8 heteroatoms. The van der Waals surface area contributed by atoms with Crippen molar-refractivity contribution in [3.05, 3.63) is 58.6 Å². The largest absolute Gasteiger partial charge is 0.465 e. The molecule has 0 fully saturated rings. The van der Waals surface area contributed by atoms with E-state index in [9.17, 15) is 18.4 Å². The number of hydrogen-bond donors (Lipinski definition) is 2. The van der Waals surface area contributed by atoms with Gasteiger partial charge in [-0.15, -0.1) is 0 Å². The molecule has 0 aromatic heterocycles. The van der Waals surface area contributed by atoms with Crippen molar-refractivity contribution in [3.8, 4) is 0 Å². The Kier molecular flexibility index (Phi) is 5.70. The lowest BCUT2D eigenvalue weighted by molar-refractivity contribution is -0.114. The molecule has 2 aromatic rings. The predicted molar refractivity (Wildman–Crippen MR) is 86.3 cm³/mol. The molecule has 2 N–H and O–H groups in total. The van der Waals surface area contributed by atoms with Gasteiger partial charge >= 0.3 is 5.97 Å². The molecule has 0 atom stereocenters. The Morgan fingerprint density at radius 3 is 2.54 bits per heavy atom. The number of nitrogens with one attached hydrogen (secondary N) is 2. The lowest BCUT2D eigenvalue weighted by Crippen LogP contribution is -2.22. The Morgan fingerprint density at radius 2 is 1.88 bits per heavy atom. The normalized spacial score (nSPS) is 10.2. The van der Waals surface area contributed by atoms with Crippen LogP contribution in [0.1, 0.15) is 10.4 Å². The fourth-order valence-corrected chi connectivity index (χ4v) is 2.04. The number of ether oxygens (including phenoxy) is 1. The lowest BCUT2D eigenvalue weighted by atomic mass is 10.2. The number of esters is 1. The first kappa shape index (κ1) is 17.7. The van der Waals surface area contributed by atoms with Crippen LogP contribution >= 0.6 is 11.6 Å². The lowest BCUT2D eigenvalue weighted by Gasteiger charge is -2.10. The van der Waals surface area contributed by atoms with Crippen molar-refractivity contribution in [1.29, 1.82) is 0 Å². The van der Waals surface area contributed by atoms with E-state index in [1.165, 1.54) is 31.4 Å². The minimum atomic E-state index is -1.06. The van der Waals surface area contributed by atoms with Crippen LogP contribution in [-0.4, -0.2) is 25.5 Å². The summed E-state index contributed by atoms with van der Waals surface area (Å²) in [6, 6.07) is 7.44. The molecule has 0 aliphatic heterocycles. The van der Waals surface area contributed by atoms with Gasteiger partial charge < -0.3 is 15.4 Å². The summed E-state index contributed by atoms with van der Waals surface area (Å²) >= 11 is 5.99. The van der Waals surface area contributed by atoms with Crippen LogP contribution in [0.3, 0.4) is 0 Å². The van der Waals surface area contributed by atoms with Crippen LogP contribution in [0, 0.1) is 11.6 Å². The fraction of sp³-hybridized carbons (Fsp3) is 0.125. The van der Waals surface area contributed by atoms with Crippen molar-refractivity contribution < 1.29 is 23.1 Å². The number of halogens is 3. The number of carbonyl (C=O) groups excluding carboxylic acids is 2. The molecule has 0 aliphatic carbocycles.